The lowest BCUT2D eigenvalue weighted by molar-refractivity contribution is -0.137. The van der Waals surface area contributed by atoms with Crippen molar-refractivity contribution < 1.29 is 18.0 Å². The minimum atomic E-state index is -4.36. The number of carbonyl (C=O) groups is 1. The Bertz CT molecular complexity index is 523. The second kappa shape index (κ2) is 7.20. The summed E-state index contributed by atoms with van der Waals surface area (Å²) in [7, 11) is 0. The molecule has 1 rings (SSSR count). The maximum atomic E-state index is 12.5. The van der Waals surface area contributed by atoms with Gasteiger partial charge in [0, 0.05) is 6.54 Å². The fourth-order valence-corrected chi connectivity index (χ4v) is 1.99. The molecule has 0 saturated heterocycles. The molecule has 0 fully saturated rings. The fourth-order valence-electron chi connectivity index (χ4n) is 1.50. The van der Waals surface area contributed by atoms with E-state index >= 15 is 0 Å². The molecule has 0 heterocycles. The molecule has 0 unspecified atom stereocenters. The van der Waals surface area contributed by atoms with E-state index in [1.807, 2.05) is 6.07 Å². The van der Waals surface area contributed by atoms with Crippen molar-refractivity contribution in [3.05, 3.63) is 34.9 Å². The van der Waals surface area contributed by atoms with E-state index in [0.29, 0.717) is 11.1 Å². The summed E-state index contributed by atoms with van der Waals surface area (Å²) in [5.41, 5.74) is 0.413. The smallest absolute Gasteiger partial charge is 0.351 e. The van der Waals surface area contributed by atoms with Crippen molar-refractivity contribution in [2.45, 2.75) is 19.6 Å². The Labute approximate surface area is 119 Å². The van der Waals surface area contributed by atoms with Crippen molar-refractivity contribution in [3.63, 3.8) is 0 Å². The third kappa shape index (κ3) is 5.13. The second-order valence-corrected chi connectivity index (χ2v) is 5.05. The van der Waals surface area contributed by atoms with Gasteiger partial charge in [-0.25, -0.2) is 0 Å². The van der Waals surface area contributed by atoms with E-state index in [1.54, 1.807) is 6.92 Å². The molecule has 0 aliphatic rings. The van der Waals surface area contributed by atoms with Crippen LogP contribution in [0.1, 0.15) is 16.7 Å². The third-order valence-corrected chi connectivity index (χ3v) is 3.35. The number of hydrogen-bond acceptors (Lipinski definition) is 3. The zero-order valence-corrected chi connectivity index (χ0v) is 11.6. The van der Waals surface area contributed by atoms with Crippen molar-refractivity contribution in [1.82, 2.24) is 5.32 Å². The molecule has 1 aromatic carbocycles. The SMILES string of the molecule is Cc1cc(C(F)(F)F)ccc1CNC(=O)CSCC#N. The highest BCUT2D eigenvalue weighted by atomic mass is 32.2. The monoisotopic (exact) mass is 302 g/mol. The van der Waals surface area contributed by atoms with Gasteiger partial charge in [-0.3, -0.25) is 4.79 Å². The van der Waals surface area contributed by atoms with Gasteiger partial charge in [0.1, 0.15) is 0 Å². The average Bonchev–Trinajstić information content (AvgIpc) is 2.36. The standard InChI is InChI=1S/C13H13F3N2OS/c1-9-6-11(13(14,15)16)3-2-10(9)7-18-12(19)8-20-5-4-17/h2-3,6H,5,7-8H2,1H3,(H,18,19). The number of carbonyl (C=O) groups excluding carboxylic acids is 1. The molecule has 0 aromatic heterocycles. The first-order chi connectivity index (χ1) is 9.34. The molecule has 3 nitrogen and oxygen atoms in total. The van der Waals surface area contributed by atoms with Gasteiger partial charge in [0.25, 0.3) is 0 Å². The normalized spacial score (nSPS) is 10.9. The predicted molar refractivity (Wildman–Crippen MR) is 71.0 cm³/mol. The maximum absolute atomic E-state index is 12.5. The molecule has 0 atom stereocenters. The number of hydrogen-bond donors (Lipinski definition) is 1. The van der Waals surface area contributed by atoms with Crippen LogP contribution in [0.15, 0.2) is 18.2 Å². The third-order valence-electron chi connectivity index (χ3n) is 2.55. The van der Waals surface area contributed by atoms with Crippen LogP contribution in [0.3, 0.4) is 0 Å². The van der Waals surface area contributed by atoms with Crippen molar-refractivity contribution in [2.24, 2.45) is 0 Å². The molecule has 0 aliphatic heterocycles. The summed E-state index contributed by atoms with van der Waals surface area (Å²) >= 11 is 1.18. The number of amides is 1. The van der Waals surface area contributed by atoms with E-state index in [1.165, 1.54) is 17.8 Å². The fraction of sp³-hybridized carbons (Fsp3) is 0.385. The summed E-state index contributed by atoms with van der Waals surface area (Å²) in [5.74, 6) is 0.143. The van der Waals surface area contributed by atoms with E-state index in [-0.39, 0.29) is 24.0 Å². The van der Waals surface area contributed by atoms with Gasteiger partial charge in [-0.1, -0.05) is 6.07 Å². The molecule has 0 bridgehead atoms. The van der Waals surface area contributed by atoms with Gasteiger partial charge in [-0.15, -0.1) is 11.8 Å². The number of nitriles is 1. The van der Waals surface area contributed by atoms with Gasteiger partial charge in [-0.05, 0) is 30.2 Å². The van der Waals surface area contributed by atoms with Crippen LogP contribution in [0.25, 0.3) is 0 Å². The lowest BCUT2D eigenvalue weighted by Gasteiger charge is -2.11. The van der Waals surface area contributed by atoms with Crippen molar-refractivity contribution in [1.29, 1.82) is 5.26 Å². The van der Waals surface area contributed by atoms with E-state index < -0.39 is 11.7 Å². The lowest BCUT2D eigenvalue weighted by Crippen LogP contribution is -2.25. The average molecular weight is 302 g/mol. The molecule has 1 aromatic rings. The van der Waals surface area contributed by atoms with Crippen LogP contribution < -0.4 is 5.32 Å². The molecular weight excluding hydrogens is 289 g/mol. The van der Waals surface area contributed by atoms with Gasteiger partial charge in [0.15, 0.2) is 0 Å². The molecule has 0 spiro atoms. The molecule has 0 saturated carbocycles. The molecule has 108 valence electrons. The zero-order chi connectivity index (χ0) is 15.2. The van der Waals surface area contributed by atoms with Crippen LogP contribution in [0.5, 0.6) is 0 Å². The maximum Gasteiger partial charge on any atom is 0.416 e. The number of halogens is 3. The van der Waals surface area contributed by atoms with Crippen LogP contribution in [0.2, 0.25) is 0 Å². The quantitative estimate of drug-likeness (QED) is 0.851. The Hall–Kier alpha value is -1.68. The molecular formula is C13H13F3N2OS. The lowest BCUT2D eigenvalue weighted by atomic mass is 10.0. The Morgan fingerprint density at radius 1 is 1.45 bits per heavy atom. The van der Waals surface area contributed by atoms with Crippen LogP contribution in [-0.2, 0) is 17.5 Å². The Balaban J connectivity index is 2.57. The topological polar surface area (TPSA) is 52.9 Å². The number of benzene rings is 1. The Kier molecular flexibility index (Phi) is 5.89. The number of aryl methyl sites for hydroxylation is 1. The van der Waals surface area contributed by atoms with Crippen molar-refractivity contribution in [2.75, 3.05) is 11.5 Å². The Morgan fingerprint density at radius 2 is 2.15 bits per heavy atom. The predicted octanol–water partition coefficient (Wildman–Crippen LogP) is 2.89. The van der Waals surface area contributed by atoms with Gasteiger partial charge in [-0.2, -0.15) is 18.4 Å². The summed E-state index contributed by atoms with van der Waals surface area (Å²) in [6, 6.07) is 5.33. The van der Waals surface area contributed by atoms with Crippen LogP contribution in [0.4, 0.5) is 13.2 Å². The molecule has 1 amide bonds. The largest absolute Gasteiger partial charge is 0.416 e. The number of thioether (sulfide) groups is 1. The summed E-state index contributed by atoms with van der Waals surface area (Å²) in [6.07, 6.45) is -4.36. The molecule has 20 heavy (non-hydrogen) atoms. The summed E-state index contributed by atoms with van der Waals surface area (Å²) in [6.45, 7) is 1.75. The minimum absolute atomic E-state index is 0.160. The first kappa shape index (κ1) is 16.4. The van der Waals surface area contributed by atoms with Crippen LogP contribution in [0, 0.1) is 18.3 Å². The highest BCUT2D eigenvalue weighted by Gasteiger charge is 2.30. The minimum Gasteiger partial charge on any atom is -0.351 e. The Morgan fingerprint density at radius 3 is 2.70 bits per heavy atom. The highest BCUT2D eigenvalue weighted by molar-refractivity contribution is 8.00. The van der Waals surface area contributed by atoms with Crippen LogP contribution in [-0.4, -0.2) is 17.4 Å². The number of nitrogens with zero attached hydrogens (tertiary/aromatic N) is 1. The van der Waals surface area contributed by atoms with Crippen molar-refractivity contribution in [3.8, 4) is 6.07 Å². The van der Waals surface area contributed by atoms with Gasteiger partial charge < -0.3 is 5.32 Å². The zero-order valence-electron chi connectivity index (χ0n) is 10.8. The first-order valence-electron chi connectivity index (χ1n) is 5.72. The molecule has 1 N–H and O–H groups in total. The number of rotatable bonds is 5. The van der Waals surface area contributed by atoms with Crippen molar-refractivity contribution >= 4 is 17.7 Å². The van der Waals surface area contributed by atoms with Gasteiger partial charge >= 0.3 is 6.18 Å². The summed E-state index contributed by atoms with van der Waals surface area (Å²) in [4.78, 5) is 11.4. The van der Waals surface area contributed by atoms with Gasteiger partial charge in [0.2, 0.25) is 5.91 Å². The molecule has 7 heteroatoms. The highest BCUT2D eigenvalue weighted by Crippen LogP contribution is 2.30. The molecule has 0 aliphatic carbocycles. The first-order valence-corrected chi connectivity index (χ1v) is 6.88. The number of nitrogens with one attached hydrogen (secondary N) is 1. The van der Waals surface area contributed by atoms with E-state index in [4.69, 9.17) is 5.26 Å². The van der Waals surface area contributed by atoms with E-state index in [0.717, 1.165) is 12.1 Å². The van der Waals surface area contributed by atoms with Gasteiger partial charge in [0.05, 0.1) is 23.1 Å². The second-order valence-electron chi connectivity index (χ2n) is 4.07. The molecule has 0 radical (unpaired) electrons. The summed E-state index contributed by atoms with van der Waals surface area (Å²) < 4.78 is 37.5. The van der Waals surface area contributed by atoms with E-state index in [9.17, 15) is 18.0 Å². The van der Waals surface area contributed by atoms with E-state index in [2.05, 4.69) is 5.32 Å². The van der Waals surface area contributed by atoms with Crippen LogP contribution >= 0.6 is 11.8 Å². The summed E-state index contributed by atoms with van der Waals surface area (Å²) in [5, 5.41) is 10.9. The number of alkyl halides is 3.